The molecule has 2 fully saturated rings. The first kappa shape index (κ1) is 19.2. The number of carbonyl (C=O) groups is 2. The van der Waals surface area contributed by atoms with Crippen LogP contribution >= 0.6 is 0 Å². The average Bonchev–Trinajstić information content (AvgIpc) is 3.03. The monoisotopic (exact) mass is 378 g/mol. The molecule has 0 aromatic carbocycles. The lowest BCUT2D eigenvalue weighted by Crippen LogP contribution is -2.60. The van der Waals surface area contributed by atoms with E-state index < -0.39 is 11.5 Å². The van der Waals surface area contributed by atoms with E-state index in [2.05, 4.69) is 20.3 Å². The molecule has 10 nitrogen and oxygen atoms in total. The van der Waals surface area contributed by atoms with E-state index in [1.807, 2.05) is 20.8 Å². The largest absolute Gasteiger partial charge is 0.479 e. The molecule has 0 atom stereocenters. The lowest BCUT2D eigenvalue weighted by molar-refractivity contribution is -0.0266. The molecular weight excluding hydrogens is 352 g/mol. The van der Waals surface area contributed by atoms with E-state index in [0.29, 0.717) is 18.9 Å². The van der Waals surface area contributed by atoms with Crippen LogP contribution in [0.3, 0.4) is 0 Å². The van der Waals surface area contributed by atoms with E-state index in [1.54, 1.807) is 11.1 Å². The van der Waals surface area contributed by atoms with Gasteiger partial charge < -0.3 is 19.3 Å². The molecule has 27 heavy (non-hydrogen) atoms. The lowest BCUT2D eigenvalue weighted by Gasteiger charge is -2.47. The van der Waals surface area contributed by atoms with Crippen LogP contribution in [-0.4, -0.2) is 65.8 Å². The number of anilines is 1. The number of likely N-dealkylation sites (tertiary alicyclic amines) is 1. The minimum absolute atomic E-state index is 0.0226. The summed E-state index contributed by atoms with van der Waals surface area (Å²) in [6, 6.07) is 0. The number of hydrogen-bond acceptors (Lipinski definition) is 8. The summed E-state index contributed by atoms with van der Waals surface area (Å²) in [5.41, 5.74) is 1.62. The van der Waals surface area contributed by atoms with Gasteiger partial charge in [0.1, 0.15) is 11.4 Å². The van der Waals surface area contributed by atoms with Crippen LogP contribution in [0.15, 0.2) is 6.20 Å². The first-order valence-electron chi connectivity index (χ1n) is 8.81. The minimum Gasteiger partial charge on any atom is -0.479 e. The Morgan fingerprint density at radius 3 is 2.59 bits per heavy atom. The maximum absolute atomic E-state index is 12.2. The van der Waals surface area contributed by atoms with Gasteiger partial charge in [0.2, 0.25) is 5.88 Å². The number of rotatable bonds is 3. The van der Waals surface area contributed by atoms with Crippen molar-refractivity contribution in [2.45, 2.75) is 32.8 Å². The third-order valence-electron chi connectivity index (χ3n) is 4.73. The van der Waals surface area contributed by atoms with Crippen LogP contribution < -0.4 is 20.9 Å². The molecule has 0 unspecified atom stereocenters. The van der Waals surface area contributed by atoms with Gasteiger partial charge in [0, 0.05) is 31.6 Å². The van der Waals surface area contributed by atoms with Gasteiger partial charge in [-0.1, -0.05) is 0 Å². The molecule has 2 aliphatic heterocycles. The summed E-state index contributed by atoms with van der Waals surface area (Å²) in [6.45, 7) is 8.37. The second kappa shape index (κ2) is 6.84. The fourth-order valence-corrected chi connectivity index (χ4v) is 3.49. The summed E-state index contributed by atoms with van der Waals surface area (Å²) in [5.74, 6) is 5.35. The first-order chi connectivity index (χ1) is 12.7. The number of nitrogens with two attached hydrogens (primary N) is 1. The number of methoxy groups -OCH3 is 1. The van der Waals surface area contributed by atoms with Crippen LogP contribution in [0, 0.1) is 5.41 Å². The summed E-state index contributed by atoms with van der Waals surface area (Å²) in [4.78, 5) is 36.4. The van der Waals surface area contributed by atoms with Crippen molar-refractivity contribution in [3.63, 3.8) is 0 Å². The van der Waals surface area contributed by atoms with E-state index in [9.17, 15) is 9.59 Å². The molecule has 2 saturated heterocycles. The van der Waals surface area contributed by atoms with E-state index in [1.165, 1.54) is 7.11 Å². The second-order valence-corrected chi connectivity index (χ2v) is 8.07. The Bertz CT molecular complexity index is 741. The van der Waals surface area contributed by atoms with Crippen LogP contribution in [0.4, 0.5) is 10.6 Å². The quantitative estimate of drug-likeness (QED) is 0.444. The van der Waals surface area contributed by atoms with Crippen molar-refractivity contribution in [1.29, 1.82) is 0 Å². The van der Waals surface area contributed by atoms with Gasteiger partial charge in [0.15, 0.2) is 5.69 Å². The predicted molar refractivity (Wildman–Crippen MR) is 97.3 cm³/mol. The van der Waals surface area contributed by atoms with Gasteiger partial charge in [0.05, 0.1) is 13.3 Å². The van der Waals surface area contributed by atoms with Crippen molar-refractivity contribution in [3.05, 3.63) is 11.9 Å². The molecule has 0 aliphatic carbocycles. The molecule has 2 amide bonds. The van der Waals surface area contributed by atoms with Crippen molar-refractivity contribution in [2.75, 3.05) is 38.2 Å². The Labute approximate surface area is 158 Å². The highest BCUT2D eigenvalue weighted by Crippen LogP contribution is 2.41. The molecule has 2 aliphatic rings. The van der Waals surface area contributed by atoms with Crippen LogP contribution in [0.1, 0.15) is 37.7 Å². The molecule has 0 radical (unpaired) electrons. The van der Waals surface area contributed by atoms with Crippen molar-refractivity contribution in [2.24, 2.45) is 11.3 Å². The second-order valence-electron chi connectivity index (χ2n) is 8.07. The number of carbonyl (C=O) groups excluding carboxylic acids is 2. The van der Waals surface area contributed by atoms with E-state index in [0.717, 1.165) is 19.5 Å². The van der Waals surface area contributed by atoms with Crippen LogP contribution in [0.5, 0.6) is 5.88 Å². The molecule has 1 spiro atoms. The van der Waals surface area contributed by atoms with Crippen LogP contribution in [-0.2, 0) is 4.74 Å². The summed E-state index contributed by atoms with van der Waals surface area (Å²) < 4.78 is 10.5. The van der Waals surface area contributed by atoms with Gasteiger partial charge in [-0.3, -0.25) is 10.2 Å². The molecule has 0 saturated carbocycles. The van der Waals surface area contributed by atoms with Gasteiger partial charge in [-0.2, -0.15) is 0 Å². The van der Waals surface area contributed by atoms with E-state index in [-0.39, 0.29) is 23.1 Å². The smallest absolute Gasteiger partial charge is 0.410 e. The maximum Gasteiger partial charge on any atom is 0.410 e. The number of ether oxygens (including phenoxy) is 2. The summed E-state index contributed by atoms with van der Waals surface area (Å²) in [5, 5.41) is 0. The summed E-state index contributed by atoms with van der Waals surface area (Å²) >= 11 is 0. The van der Waals surface area contributed by atoms with Crippen molar-refractivity contribution >= 4 is 17.8 Å². The predicted octanol–water partition coefficient (Wildman–Crippen LogP) is 0.536. The zero-order valence-corrected chi connectivity index (χ0v) is 16.1. The SMILES string of the molecule is COc1ncc(N2CCC3(CN(C(=O)OC(C)(C)C)C3)C2)nc1C(=O)NN. The van der Waals surface area contributed by atoms with Gasteiger partial charge in [-0.25, -0.2) is 20.6 Å². The molecular formula is C17H26N6O4. The van der Waals surface area contributed by atoms with Crippen LogP contribution in [0.2, 0.25) is 0 Å². The van der Waals surface area contributed by atoms with Crippen molar-refractivity contribution in [1.82, 2.24) is 20.3 Å². The Morgan fingerprint density at radius 1 is 1.30 bits per heavy atom. The van der Waals surface area contributed by atoms with Gasteiger partial charge in [0.25, 0.3) is 5.91 Å². The number of nitrogens with zero attached hydrogens (tertiary/aromatic N) is 4. The topological polar surface area (TPSA) is 123 Å². The molecule has 10 heteroatoms. The number of nitrogen functional groups attached to an aromatic ring is 1. The normalized spacial score (nSPS) is 18.3. The molecule has 0 bridgehead atoms. The molecule has 3 heterocycles. The first-order valence-corrected chi connectivity index (χ1v) is 8.81. The lowest BCUT2D eigenvalue weighted by atomic mass is 9.79. The Hall–Kier alpha value is -2.62. The highest BCUT2D eigenvalue weighted by atomic mass is 16.6. The van der Waals surface area contributed by atoms with Gasteiger partial charge in [-0.05, 0) is 27.2 Å². The summed E-state index contributed by atoms with van der Waals surface area (Å²) in [7, 11) is 1.42. The Morgan fingerprint density at radius 2 is 2.00 bits per heavy atom. The third-order valence-corrected chi connectivity index (χ3v) is 4.73. The fourth-order valence-electron chi connectivity index (χ4n) is 3.49. The highest BCUT2D eigenvalue weighted by molar-refractivity contribution is 5.94. The minimum atomic E-state index is -0.560. The molecule has 3 rings (SSSR count). The Kier molecular flexibility index (Phi) is 4.85. The molecule has 148 valence electrons. The number of aromatic nitrogens is 2. The molecule has 1 aromatic rings. The highest BCUT2D eigenvalue weighted by Gasteiger charge is 2.50. The van der Waals surface area contributed by atoms with E-state index >= 15 is 0 Å². The number of nitrogens with one attached hydrogen (secondary N) is 1. The van der Waals surface area contributed by atoms with E-state index in [4.69, 9.17) is 15.3 Å². The maximum atomic E-state index is 12.2. The third kappa shape index (κ3) is 3.90. The average molecular weight is 378 g/mol. The van der Waals surface area contributed by atoms with Crippen LogP contribution in [0.25, 0.3) is 0 Å². The molecule has 1 aromatic heterocycles. The van der Waals surface area contributed by atoms with Gasteiger partial charge in [-0.15, -0.1) is 0 Å². The number of hydrogen-bond donors (Lipinski definition) is 2. The zero-order valence-electron chi connectivity index (χ0n) is 16.1. The van der Waals surface area contributed by atoms with Crippen molar-refractivity contribution in [3.8, 4) is 5.88 Å². The van der Waals surface area contributed by atoms with Gasteiger partial charge >= 0.3 is 6.09 Å². The number of amides is 2. The molecule has 3 N–H and O–H groups in total. The standard InChI is InChI=1S/C17H26N6O4/c1-16(2,3)27-15(25)23-9-17(10-23)5-6-22(8-17)11-7-19-14(26-4)12(20-11)13(24)21-18/h7H,5-6,8-10,18H2,1-4H3,(H,21,24). The summed E-state index contributed by atoms with van der Waals surface area (Å²) in [6.07, 6.45) is 2.23. The Balaban J connectivity index is 1.66. The van der Waals surface area contributed by atoms with Crippen molar-refractivity contribution < 1.29 is 19.1 Å². The zero-order chi connectivity index (χ0) is 19.8. The fraction of sp³-hybridized carbons (Fsp3) is 0.647. The number of hydrazine groups is 1.